The lowest BCUT2D eigenvalue weighted by atomic mass is 9.93. The Hall–Kier alpha value is -2.98. The van der Waals surface area contributed by atoms with E-state index in [1.807, 2.05) is 24.5 Å². The molecule has 1 aliphatic heterocycles. The number of rotatable bonds is 3. The molecule has 0 amide bonds. The largest absolute Gasteiger partial charge is 0.508 e. The van der Waals surface area contributed by atoms with E-state index in [1.165, 1.54) is 16.8 Å². The summed E-state index contributed by atoms with van der Waals surface area (Å²) in [5.74, 6) is 0.311. The number of hydrogen-bond donors (Lipinski definition) is 2. The van der Waals surface area contributed by atoms with Gasteiger partial charge in [-0.25, -0.2) is 0 Å². The number of aromatic nitrogens is 1. The molecule has 5 rings (SSSR count). The van der Waals surface area contributed by atoms with Crippen LogP contribution >= 0.6 is 0 Å². The first kappa shape index (κ1) is 15.3. The predicted octanol–water partition coefficient (Wildman–Crippen LogP) is 4.61. The number of furan rings is 1. The average molecular weight is 344 g/mol. The summed E-state index contributed by atoms with van der Waals surface area (Å²) in [6, 6.07) is 18.3. The molecule has 4 aromatic rings. The molecule has 3 heterocycles. The molecule has 0 radical (unpaired) electrons. The van der Waals surface area contributed by atoms with Gasteiger partial charge in [-0.1, -0.05) is 30.3 Å². The number of aromatic hydroxyl groups is 1. The number of phenolic OH excluding ortho intramolecular Hbond substituents is 1. The fourth-order valence-electron chi connectivity index (χ4n) is 4.12. The molecule has 0 spiro atoms. The van der Waals surface area contributed by atoms with Gasteiger partial charge in [0, 0.05) is 35.2 Å². The minimum absolute atomic E-state index is 0.118. The Morgan fingerprint density at radius 2 is 2.00 bits per heavy atom. The molecule has 0 fully saturated rings. The molecule has 0 saturated carbocycles. The normalized spacial score (nSPS) is 17.5. The molecule has 0 aliphatic carbocycles. The lowest BCUT2D eigenvalue weighted by Gasteiger charge is -2.35. The zero-order chi connectivity index (χ0) is 17.5. The second-order valence-corrected chi connectivity index (χ2v) is 6.91. The van der Waals surface area contributed by atoms with Crippen LogP contribution in [0.4, 0.5) is 0 Å². The SMILES string of the molecule is Oc1ccc2[nH]c3c(c2c1)CCN(Cc1ccccc1)C3c1ccoc1. The number of fused-ring (bicyclic) bond motifs is 3. The van der Waals surface area contributed by atoms with Crippen LogP contribution in [0.25, 0.3) is 10.9 Å². The second-order valence-electron chi connectivity index (χ2n) is 6.91. The van der Waals surface area contributed by atoms with Crippen LogP contribution in [0.5, 0.6) is 5.75 Å². The highest BCUT2D eigenvalue weighted by molar-refractivity contribution is 5.86. The number of hydrogen-bond acceptors (Lipinski definition) is 3. The minimum atomic E-state index is 0.118. The topological polar surface area (TPSA) is 52.4 Å². The molecule has 2 aromatic heterocycles. The molecule has 1 aliphatic rings. The van der Waals surface area contributed by atoms with E-state index in [1.54, 1.807) is 12.3 Å². The highest BCUT2D eigenvalue weighted by atomic mass is 16.3. The first-order valence-corrected chi connectivity index (χ1v) is 8.93. The van der Waals surface area contributed by atoms with Gasteiger partial charge in [-0.15, -0.1) is 0 Å². The molecule has 26 heavy (non-hydrogen) atoms. The third kappa shape index (κ3) is 2.50. The van der Waals surface area contributed by atoms with Gasteiger partial charge in [-0.05, 0) is 41.8 Å². The van der Waals surface area contributed by atoms with Crippen LogP contribution in [0.2, 0.25) is 0 Å². The lowest BCUT2D eigenvalue weighted by molar-refractivity contribution is 0.201. The molecule has 2 N–H and O–H groups in total. The molecule has 1 unspecified atom stereocenters. The summed E-state index contributed by atoms with van der Waals surface area (Å²) in [4.78, 5) is 6.09. The van der Waals surface area contributed by atoms with Crippen molar-refractivity contribution in [2.75, 3.05) is 6.54 Å². The highest BCUT2D eigenvalue weighted by Crippen LogP contribution is 2.39. The maximum Gasteiger partial charge on any atom is 0.116 e. The Kier molecular flexibility index (Phi) is 3.57. The Morgan fingerprint density at radius 3 is 2.81 bits per heavy atom. The Labute approximate surface area is 151 Å². The van der Waals surface area contributed by atoms with Crippen LogP contribution in [0.1, 0.15) is 28.4 Å². The third-order valence-corrected chi connectivity index (χ3v) is 5.30. The quantitative estimate of drug-likeness (QED) is 0.570. The second kappa shape index (κ2) is 6.07. The van der Waals surface area contributed by atoms with E-state index in [9.17, 15) is 5.11 Å². The zero-order valence-electron chi connectivity index (χ0n) is 14.4. The van der Waals surface area contributed by atoms with Crippen LogP contribution in [0, 0.1) is 0 Å². The van der Waals surface area contributed by atoms with Crippen LogP contribution in [0.15, 0.2) is 71.5 Å². The van der Waals surface area contributed by atoms with Gasteiger partial charge >= 0.3 is 0 Å². The van der Waals surface area contributed by atoms with Gasteiger partial charge in [0.1, 0.15) is 5.75 Å². The van der Waals surface area contributed by atoms with Gasteiger partial charge < -0.3 is 14.5 Å². The van der Waals surface area contributed by atoms with E-state index < -0.39 is 0 Å². The van der Waals surface area contributed by atoms with Crippen molar-refractivity contribution >= 4 is 10.9 Å². The van der Waals surface area contributed by atoms with Crippen LogP contribution in [-0.2, 0) is 13.0 Å². The van der Waals surface area contributed by atoms with Gasteiger partial charge in [0.05, 0.1) is 18.6 Å². The number of aromatic amines is 1. The van der Waals surface area contributed by atoms with Gasteiger partial charge in [0.2, 0.25) is 0 Å². The summed E-state index contributed by atoms with van der Waals surface area (Å²) in [5.41, 5.74) is 6.03. The number of H-pyrrole nitrogens is 1. The minimum Gasteiger partial charge on any atom is -0.508 e. The number of phenols is 1. The lowest BCUT2D eigenvalue weighted by Crippen LogP contribution is -2.35. The van der Waals surface area contributed by atoms with Crippen LogP contribution in [-0.4, -0.2) is 21.5 Å². The van der Waals surface area contributed by atoms with Crippen molar-refractivity contribution in [3.63, 3.8) is 0 Å². The zero-order valence-corrected chi connectivity index (χ0v) is 14.4. The van der Waals surface area contributed by atoms with E-state index in [0.29, 0.717) is 5.75 Å². The molecule has 2 aromatic carbocycles. The van der Waals surface area contributed by atoms with Gasteiger partial charge in [-0.2, -0.15) is 0 Å². The molecule has 0 bridgehead atoms. The fraction of sp³-hybridized carbons (Fsp3) is 0.182. The van der Waals surface area contributed by atoms with Gasteiger partial charge in [0.15, 0.2) is 0 Å². The first-order valence-electron chi connectivity index (χ1n) is 8.93. The number of benzene rings is 2. The van der Waals surface area contributed by atoms with E-state index in [0.717, 1.165) is 36.0 Å². The third-order valence-electron chi connectivity index (χ3n) is 5.30. The summed E-state index contributed by atoms with van der Waals surface area (Å²) in [6.07, 6.45) is 4.53. The molecule has 1 atom stereocenters. The molecular weight excluding hydrogens is 324 g/mol. The van der Waals surface area contributed by atoms with Crippen molar-refractivity contribution in [1.82, 2.24) is 9.88 Å². The molecule has 4 heteroatoms. The van der Waals surface area contributed by atoms with Gasteiger partial charge in [-0.3, -0.25) is 4.90 Å². The number of nitrogens with one attached hydrogen (secondary N) is 1. The van der Waals surface area contributed by atoms with Crippen molar-refractivity contribution in [3.8, 4) is 5.75 Å². The van der Waals surface area contributed by atoms with Crippen molar-refractivity contribution in [2.24, 2.45) is 0 Å². The Balaban J connectivity index is 1.62. The monoisotopic (exact) mass is 344 g/mol. The summed E-state index contributed by atoms with van der Waals surface area (Å²) >= 11 is 0. The molecule has 130 valence electrons. The molecular formula is C22H20N2O2. The predicted molar refractivity (Wildman–Crippen MR) is 101 cm³/mol. The summed E-state index contributed by atoms with van der Waals surface area (Å²) in [6.45, 7) is 1.84. The Bertz CT molecular complexity index is 1030. The standard InChI is InChI=1S/C22H20N2O2/c25-17-6-7-20-19(12-17)18-8-10-24(13-15-4-2-1-3-5-15)22(21(18)23-20)16-9-11-26-14-16/h1-7,9,11-12,14,22-23,25H,8,10,13H2. The maximum atomic E-state index is 9.91. The maximum absolute atomic E-state index is 9.91. The van der Waals surface area contributed by atoms with Crippen molar-refractivity contribution in [3.05, 3.63) is 89.5 Å². The van der Waals surface area contributed by atoms with E-state index in [-0.39, 0.29) is 6.04 Å². The van der Waals surface area contributed by atoms with Crippen molar-refractivity contribution in [2.45, 2.75) is 19.0 Å². The van der Waals surface area contributed by atoms with Crippen molar-refractivity contribution < 1.29 is 9.52 Å². The average Bonchev–Trinajstić information content (AvgIpc) is 3.30. The first-order chi connectivity index (χ1) is 12.8. The summed E-state index contributed by atoms with van der Waals surface area (Å²) < 4.78 is 5.39. The molecule has 4 nitrogen and oxygen atoms in total. The summed E-state index contributed by atoms with van der Waals surface area (Å²) in [5, 5.41) is 11.0. The molecule has 0 saturated heterocycles. The smallest absolute Gasteiger partial charge is 0.116 e. The highest BCUT2D eigenvalue weighted by Gasteiger charge is 2.32. The number of nitrogens with zero attached hydrogens (tertiary/aromatic N) is 1. The summed E-state index contributed by atoms with van der Waals surface area (Å²) in [7, 11) is 0. The van der Waals surface area contributed by atoms with Crippen LogP contribution < -0.4 is 0 Å². The van der Waals surface area contributed by atoms with Gasteiger partial charge in [0.25, 0.3) is 0 Å². The van der Waals surface area contributed by atoms with E-state index in [4.69, 9.17) is 4.42 Å². The Morgan fingerprint density at radius 1 is 1.12 bits per heavy atom. The van der Waals surface area contributed by atoms with E-state index >= 15 is 0 Å². The fourth-order valence-corrected chi connectivity index (χ4v) is 4.12. The van der Waals surface area contributed by atoms with E-state index in [2.05, 4.69) is 40.2 Å². The van der Waals surface area contributed by atoms with Crippen LogP contribution in [0.3, 0.4) is 0 Å². The van der Waals surface area contributed by atoms with Crippen molar-refractivity contribution in [1.29, 1.82) is 0 Å².